The molecule has 3 aromatic rings. The van der Waals surface area contributed by atoms with Gasteiger partial charge >= 0.3 is 11.9 Å². The molecule has 2 aromatic carbocycles. The van der Waals surface area contributed by atoms with Crippen LogP contribution in [0.25, 0.3) is 17.6 Å². The number of aromatic carboxylic acids is 1. The van der Waals surface area contributed by atoms with Gasteiger partial charge in [-0.05, 0) is 36.8 Å². The summed E-state index contributed by atoms with van der Waals surface area (Å²) in [7, 11) is 1.24. The summed E-state index contributed by atoms with van der Waals surface area (Å²) in [6, 6.07) is 10.7. The zero-order valence-corrected chi connectivity index (χ0v) is 16.0. The van der Waals surface area contributed by atoms with Crippen molar-refractivity contribution in [2.45, 2.75) is 6.92 Å². The molecule has 0 aliphatic carbocycles. The molecule has 0 fully saturated rings. The topological polar surface area (TPSA) is 127 Å². The van der Waals surface area contributed by atoms with Crippen LogP contribution in [0.4, 0.5) is 5.69 Å². The van der Waals surface area contributed by atoms with Gasteiger partial charge in [-0.15, -0.1) is 5.10 Å². The lowest BCUT2D eigenvalue weighted by molar-refractivity contribution is 0.0600. The number of phenols is 1. The normalized spacial score (nSPS) is 13.8. The molecule has 30 heavy (non-hydrogen) atoms. The zero-order valence-electron chi connectivity index (χ0n) is 16.0. The molecule has 0 bridgehead atoms. The summed E-state index contributed by atoms with van der Waals surface area (Å²) in [5.41, 5.74) is 2.10. The van der Waals surface area contributed by atoms with Crippen LogP contribution in [0.15, 0.2) is 53.0 Å². The van der Waals surface area contributed by atoms with Crippen LogP contribution in [0.2, 0.25) is 0 Å². The van der Waals surface area contributed by atoms with Crippen molar-refractivity contribution in [1.82, 2.24) is 14.8 Å². The van der Waals surface area contributed by atoms with Crippen molar-refractivity contribution >= 4 is 29.5 Å². The lowest BCUT2D eigenvalue weighted by Crippen LogP contribution is -2.05. The first-order valence-electron chi connectivity index (χ1n) is 8.87. The molecule has 0 atom stereocenters. The number of nitrogens with zero attached hydrogens (tertiary/aromatic N) is 4. The molecule has 0 amide bonds. The van der Waals surface area contributed by atoms with E-state index in [1.165, 1.54) is 36.1 Å². The molecule has 1 aliphatic rings. The zero-order chi connectivity index (χ0) is 21.4. The first kappa shape index (κ1) is 19.1. The highest BCUT2D eigenvalue weighted by Crippen LogP contribution is 2.29. The van der Waals surface area contributed by atoms with Crippen LogP contribution in [0.3, 0.4) is 0 Å². The predicted molar refractivity (Wildman–Crippen MR) is 108 cm³/mol. The summed E-state index contributed by atoms with van der Waals surface area (Å²) >= 11 is 0. The number of methoxy groups -OCH3 is 1. The van der Waals surface area contributed by atoms with Gasteiger partial charge in [-0.1, -0.05) is 18.2 Å². The van der Waals surface area contributed by atoms with E-state index in [2.05, 4.69) is 15.1 Å². The first-order chi connectivity index (χ1) is 14.4. The molecular weight excluding hydrogens is 388 g/mol. The van der Waals surface area contributed by atoms with Crippen LogP contribution in [0, 0.1) is 0 Å². The summed E-state index contributed by atoms with van der Waals surface area (Å²) in [4.78, 5) is 32.6. The first-order valence-corrected chi connectivity index (χ1v) is 8.87. The molecule has 150 valence electrons. The highest BCUT2D eigenvalue weighted by molar-refractivity contribution is 6.16. The third-order valence-electron chi connectivity index (χ3n) is 4.55. The number of aliphatic imine (C=N–C) groups is 1. The molecule has 4 rings (SSSR count). The highest BCUT2D eigenvalue weighted by atomic mass is 16.5. The second-order valence-electron chi connectivity index (χ2n) is 6.52. The van der Waals surface area contributed by atoms with Crippen LogP contribution in [0.5, 0.6) is 5.75 Å². The van der Waals surface area contributed by atoms with Crippen molar-refractivity contribution in [3.8, 4) is 17.1 Å². The summed E-state index contributed by atoms with van der Waals surface area (Å²) < 4.78 is 6.28. The minimum absolute atomic E-state index is 0.0891. The van der Waals surface area contributed by atoms with Gasteiger partial charge in [0.2, 0.25) is 0 Å². The summed E-state index contributed by atoms with van der Waals surface area (Å²) in [6.45, 7) is 1.82. The lowest BCUT2D eigenvalue weighted by Gasteiger charge is -2.06. The number of carboxylic acids is 1. The van der Waals surface area contributed by atoms with Crippen molar-refractivity contribution in [3.63, 3.8) is 0 Å². The van der Waals surface area contributed by atoms with Crippen molar-refractivity contribution in [2.24, 2.45) is 4.99 Å². The van der Waals surface area contributed by atoms with E-state index in [1.54, 1.807) is 24.4 Å². The average Bonchev–Trinajstić information content (AvgIpc) is 3.26. The van der Waals surface area contributed by atoms with Gasteiger partial charge < -0.3 is 14.9 Å². The van der Waals surface area contributed by atoms with Gasteiger partial charge in [0, 0.05) is 11.8 Å². The van der Waals surface area contributed by atoms with Crippen molar-refractivity contribution in [1.29, 1.82) is 0 Å². The Kier molecular flexibility index (Phi) is 4.63. The second kappa shape index (κ2) is 7.28. The number of rotatable bonds is 4. The molecule has 0 radical (unpaired) electrons. The number of carbonyl (C=O) groups excluding carboxylic acids is 1. The number of fused-ring (bicyclic) bond motifs is 1. The molecule has 1 aliphatic heterocycles. The Morgan fingerprint density at radius 1 is 1.13 bits per heavy atom. The Labute approximate surface area is 170 Å². The minimum Gasteiger partial charge on any atom is -0.508 e. The Morgan fingerprint density at radius 2 is 1.90 bits per heavy atom. The molecule has 9 heteroatoms. The Hall–Kier alpha value is -4.27. The van der Waals surface area contributed by atoms with E-state index in [9.17, 15) is 19.8 Å². The van der Waals surface area contributed by atoms with Crippen molar-refractivity contribution < 1.29 is 24.5 Å². The number of hydrogen-bond acceptors (Lipinski definition) is 7. The van der Waals surface area contributed by atoms with E-state index in [1.807, 2.05) is 6.92 Å². The number of phenolic OH excluding ortho intramolecular Hbond substituents is 1. The number of allylic oxidation sites excluding steroid dienone is 1. The molecule has 1 aromatic heterocycles. The molecule has 0 saturated carbocycles. The molecule has 2 heterocycles. The Balaban J connectivity index is 1.83. The molecule has 0 unspecified atom stereocenters. The Morgan fingerprint density at radius 3 is 2.63 bits per heavy atom. The van der Waals surface area contributed by atoms with E-state index < -0.39 is 11.9 Å². The maximum absolute atomic E-state index is 12.1. The minimum atomic E-state index is -1.08. The SMILES string of the molecule is COC(=O)c1cc(O)ccc1N=C1C(C)=Cn2nc(-c3ccccc3C(=O)O)nc21. The molecular formula is C21H16N4O5. The van der Waals surface area contributed by atoms with Crippen LogP contribution in [-0.2, 0) is 4.74 Å². The summed E-state index contributed by atoms with van der Waals surface area (Å²) in [6.07, 6.45) is 1.71. The number of esters is 1. The largest absolute Gasteiger partial charge is 0.508 e. The number of ether oxygens (including phenoxy) is 1. The quantitative estimate of drug-likeness (QED) is 0.640. The number of benzene rings is 2. The second-order valence-corrected chi connectivity index (χ2v) is 6.52. The summed E-state index contributed by atoms with van der Waals surface area (Å²) in [5, 5.41) is 23.5. The molecule has 0 saturated heterocycles. The fourth-order valence-corrected chi connectivity index (χ4v) is 3.13. The third-order valence-corrected chi connectivity index (χ3v) is 4.55. The number of carbonyl (C=O) groups is 2. The van der Waals surface area contributed by atoms with Gasteiger partial charge in [-0.2, -0.15) is 0 Å². The predicted octanol–water partition coefficient (Wildman–Crippen LogP) is 3.13. The lowest BCUT2D eigenvalue weighted by atomic mass is 10.1. The van der Waals surface area contributed by atoms with Crippen molar-refractivity contribution in [2.75, 3.05) is 7.11 Å². The van der Waals surface area contributed by atoms with E-state index in [-0.39, 0.29) is 22.7 Å². The number of carboxylic acid groups (broad SMARTS) is 1. The monoisotopic (exact) mass is 404 g/mol. The highest BCUT2D eigenvalue weighted by Gasteiger charge is 2.25. The van der Waals surface area contributed by atoms with Crippen molar-refractivity contribution in [3.05, 3.63) is 65.0 Å². The number of aromatic hydroxyl groups is 1. The van der Waals surface area contributed by atoms with E-state index in [0.29, 0.717) is 22.8 Å². The third kappa shape index (κ3) is 3.22. The van der Waals surface area contributed by atoms with Crippen LogP contribution < -0.4 is 0 Å². The van der Waals surface area contributed by atoms with Crippen LogP contribution in [0.1, 0.15) is 33.5 Å². The van der Waals surface area contributed by atoms with Gasteiger partial charge in [-0.25, -0.2) is 24.2 Å². The van der Waals surface area contributed by atoms with E-state index in [4.69, 9.17) is 4.74 Å². The van der Waals surface area contributed by atoms with Gasteiger partial charge in [-0.3, -0.25) is 0 Å². The van der Waals surface area contributed by atoms with E-state index >= 15 is 0 Å². The average molecular weight is 404 g/mol. The maximum atomic E-state index is 12.1. The van der Waals surface area contributed by atoms with Gasteiger partial charge in [0.15, 0.2) is 11.6 Å². The fourth-order valence-electron chi connectivity index (χ4n) is 3.13. The van der Waals surface area contributed by atoms with Crippen LogP contribution >= 0.6 is 0 Å². The maximum Gasteiger partial charge on any atom is 0.340 e. The van der Waals surface area contributed by atoms with Gasteiger partial charge in [0.25, 0.3) is 0 Å². The Bertz CT molecular complexity index is 1260. The molecule has 0 spiro atoms. The number of hydrogen-bond donors (Lipinski definition) is 2. The van der Waals surface area contributed by atoms with Gasteiger partial charge in [0.05, 0.1) is 23.9 Å². The van der Waals surface area contributed by atoms with Gasteiger partial charge in [0.1, 0.15) is 11.5 Å². The molecule has 9 nitrogen and oxygen atoms in total. The fraction of sp³-hybridized carbons (Fsp3) is 0.0952. The molecule has 2 N–H and O–H groups in total. The van der Waals surface area contributed by atoms with Crippen LogP contribution in [-0.4, -0.2) is 49.7 Å². The summed E-state index contributed by atoms with van der Waals surface area (Å²) in [5.74, 6) is -1.14. The smallest absolute Gasteiger partial charge is 0.340 e. The standard InChI is InChI=1S/C21H16N4O5/c1-11-10-25-19(23-18(24-25)13-5-3-4-6-14(13)20(27)28)17(11)22-16-8-7-12(26)9-15(16)21(29)30-2/h3-10,26H,1-2H3,(H,27,28). The van der Waals surface area contributed by atoms with E-state index in [0.717, 1.165) is 5.57 Å². The number of aromatic nitrogens is 3.